The number of unbranched alkanes of at least 4 members (excludes halogenated alkanes) is 2. The zero-order chi connectivity index (χ0) is 28.1. The van der Waals surface area contributed by atoms with Crippen molar-refractivity contribution in [1.29, 1.82) is 0 Å². The van der Waals surface area contributed by atoms with Crippen LogP contribution in [0.1, 0.15) is 104 Å². The summed E-state index contributed by atoms with van der Waals surface area (Å²) in [7, 11) is 4.14. The standard InChI is InChI=1S/2C9H16O4S.2C4H9.Sn/c2*10-8(11)5-1-3-7(9(12)13)4-2-6-14;2*1-3-4-2;/h2*7,14H,1-6H2,(H,10,11)(H,12,13);2*1,3-4H2,2H3;/q;;;;+2/p-6. The molecule has 0 aliphatic carbocycles. The maximum absolute atomic E-state index is 11.5. The average Bonchev–Trinajstić information content (AvgIpc) is 2.83. The quantitative estimate of drug-likeness (QED) is 0.0980. The van der Waals surface area contributed by atoms with Crippen molar-refractivity contribution in [3.8, 4) is 0 Å². The van der Waals surface area contributed by atoms with E-state index in [0.29, 0.717) is 25.7 Å². The number of aliphatic carboxylic acids is 4. The summed E-state index contributed by atoms with van der Waals surface area (Å²) in [5, 5.41) is 44.2. The van der Waals surface area contributed by atoms with Gasteiger partial charge in [-0.05, 0) is 0 Å². The topological polar surface area (TPSA) is 161 Å². The van der Waals surface area contributed by atoms with Crippen LogP contribution in [0.5, 0.6) is 0 Å². The van der Waals surface area contributed by atoms with E-state index in [4.69, 9.17) is 0 Å². The van der Waals surface area contributed by atoms with Crippen LogP contribution in [0.15, 0.2) is 0 Å². The predicted molar refractivity (Wildman–Crippen MR) is 143 cm³/mol. The van der Waals surface area contributed by atoms with Crippen molar-refractivity contribution in [1.82, 2.24) is 0 Å². The number of hydrogen-bond acceptors (Lipinski definition) is 10. The molecule has 0 rings (SSSR count). The molecule has 0 N–H and O–H groups in total. The molecule has 0 aromatic carbocycles. The van der Waals surface area contributed by atoms with Crippen molar-refractivity contribution < 1.29 is 39.6 Å². The molecule has 0 saturated heterocycles. The van der Waals surface area contributed by atoms with Gasteiger partial charge < -0.3 is 0 Å². The van der Waals surface area contributed by atoms with Crippen LogP contribution in [0.3, 0.4) is 0 Å². The molecule has 0 bridgehead atoms. The van der Waals surface area contributed by atoms with E-state index >= 15 is 0 Å². The minimum absolute atomic E-state index is 0.141. The molecule has 0 aromatic heterocycles. The number of carbonyl (C=O) groups is 4. The Morgan fingerprint density at radius 1 is 0.595 bits per heavy atom. The first kappa shape index (κ1) is 36.4. The Balaban J connectivity index is 4.94. The normalized spacial score (nSPS) is 13.2. The number of carboxylic acids is 4. The SMILES string of the molecule is CCC[CH2][Sn]([CH2]CCC)([S]CCCC(CCCC(=O)[O-])C(=O)[O-])[S]CCCC(CCCC(=O)[O-])C(=O)[O-]. The van der Waals surface area contributed by atoms with Gasteiger partial charge in [0, 0.05) is 0 Å². The first-order valence-electron chi connectivity index (χ1n) is 13.7. The summed E-state index contributed by atoms with van der Waals surface area (Å²) in [6.07, 6.45) is 7.86. The molecule has 0 aliphatic rings. The number of carbonyl (C=O) groups excluding carboxylic acids is 4. The number of rotatable bonds is 26. The van der Waals surface area contributed by atoms with Crippen molar-refractivity contribution in [3.05, 3.63) is 0 Å². The molecule has 2 atom stereocenters. The number of hydrogen-bond donors (Lipinski definition) is 0. The Kier molecular flexibility index (Phi) is 21.8. The fourth-order valence-electron chi connectivity index (χ4n) is 4.27. The van der Waals surface area contributed by atoms with E-state index in [-0.39, 0.29) is 25.7 Å². The van der Waals surface area contributed by atoms with Gasteiger partial charge in [0.25, 0.3) is 0 Å². The summed E-state index contributed by atoms with van der Waals surface area (Å²) >= 11 is -2.68. The van der Waals surface area contributed by atoms with Crippen molar-refractivity contribution in [2.45, 2.75) is 113 Å². The van der Waals surface area contributed by atoms with Gasteiger partial charge in [-0.3, -0.25) is 0 Å². The van der Waals surface area contributed by atoms with Gasteiger partial charge in [0.15, 0.2) is 0 Å². The molecule has 11 heteroatoms. The van der Waals surface area contributed by atoms with Crippen LogP contribution in [0.2, 0.25) is 8.87 Å². The Bertz CT molecular complexity index is 621. The Hall–Kier alpha value is -0.621. The second-order valence-electron chi connectivity index (χ2n) is 9.66. The van der Waals surface area contributed by atoms with E-state index in [1.54, 1.807) is 0 Å². The Morgan fingerprint density at radius 3 is 1.24 bits per heavy atom. The predicted octanol–water partition coefficient (Wildman–Crippen LogP) is 1.63. The van der Waals surface area contributed by atoms with Crippen LogP contribution < -0.4 is 20.4 Å². The van der Waals surface area contributed by atoms with E-state index < -0.39 is 51.3 Å². The van der Waals surface area contributed by atoms with E-state index in [1.165, 1.54) is 8.87 Å². The van der Waals surface area contributed by atoms with Gasteiger partial charge >= 0.3 is 233 Å². The maximum atomic E-state index is 11.5. The van der Waals surface area contributed by atoms with E-state index in [0.717, 1.165) is 50.0 Å². The Labute approximate surface area is 231 Å². The van der Waals surface area contributed by atoms with Gasteiger partial charge in [-0.1, -0.05) is 0 Å². The molecule has 0 saturated carbocycles. The molecule has 216 valence electrons. The monoisotopic (exact) mass is 668 g/mol. The van der Waals surface area contributed by atoms with Crippen LogP contribution in [-0.4, -0.2) is 51.0 Å². The molecular formula is C26H44O8S2Sn-4. The molecule has 37 heavy (non-hydrogen) atoms. The average molecular weight is 667 g/mol. The summed E-state index contributed by atoms with van der Waals surface area (Å²) in [5.74, 6) is -4.09. The second kappa shape index (κ2) is 22.2. The summed E-state index contributed by atoms with van der Waals surface area (Å²) in [6, 6.07) is 0. The molecular weight excluding hydrogens is 623 g/mol. The summed E-state index contributed by atoms with van der Waals surface area (Å²) in [6.45, 7) is 4.36. The van der Waals surface area contributed by atoms with Gasteiger partial charge in [0.2, 0.25) is 0 Å². The van der Waals surface area contributed by atoms with E-state index in [1.807, 2.05) is 0 Å². The molecule has 0 radical (unpaired) electrons. The van der Waals surface area contributed by atoms with Gasteiger partial charge in [-0.2, -0.15) is 0 Å². The molecule has 0 aromatic rings. The molecule has 0 amide bonds. The summed E-state index contributed by atoms with van der Waals surface area (Å²) < 4.78 is 2.46. The van der Waals surface area contributed by atoms with Gasteiger partial charge in [-0.25, -0.2) is 0 Å². The molecule has 0 spiro atoms. The second-order valence-corrected chi connectivity index (χ2v) is 36.3. The van der Waals surface area contributed by atoms with E-state index in [2.05, 4.69) is 31.7 Å². The number of carboxylic acid groups (broad SMARTS) is 4. The third-order valence-corrected chi connectivity index (χ3v) is 37.6. The molecule has 0 heterocycles. The van der Waals surface area contributed by atoms with Crippen LogP contribution in [0.25, 0.3) is 0 Å². The van der Waals surface area contributed by atoms with E-state index in [9.17, 15) is 39.6 Å². The zero-order valence-electron chi connectivity index (χ0n) is 22.5. The van der Waals surface area contributed by atoms with Crippen LogP contribution >= 0.6 is 17.9 Å². The van der Waals surface area contributed by atoms with Gasteiger partial charge in [-0.15, -0.1) is 0 Å². The third-order valence-electron chi connectivity index (χ3n) is 6.48. The molecule has 2 unspecified atom stereocenters. The fraction of sp³-hybridized carbons (Fsp3) is 0.846. The summed E-state index contributed by atoms with van der Waals surface area (Å²) in [4.78, 5) is 44.2. The van der Waals surface area contributed by atoms with Crippen molar-refractivity contribution in [3.63, 3.8) is 0 Å². The van der Waals surface area contributed by atoms with Crippen molar-refractivity contribution in [2.24, 2.45) is 11.8 Å². The van der Waals surface area contributed by atoms with Crippen LogP contribution in [0, 0.1) is 11.8 Å². The summed E-state index contributed by atoms with van der Waals surface area (Å²) in [5.41, 5.74) is 0. The van der Waals surface area contributed by atoms with Crippen LogP contribution in [-0.2, 0) is 19.2 Å². The first-order valence-corrected chi connectivity index (χ1v) is 26.7. The fourth-order valence-corrected chi connectivity index (χ4v) is 35.5. The van der Waals surface area contributed by atoms with Crippen LogP contribution in [0.4, 0.5) is 0 Å². The molecule has 8 nitrogen and oxygen atoms in total. The Morgan fingerprint density at radius 2 is 0.946 bits per heavy atom. The third kappa shape index (κ3) is 19.1. The van der Waals surface area contributed by atoms with Crippen molar-refractivity contribution >= 4 is 57.4 Å². The van der Waals surface area contributed by atoms with Gasteiger partial charge in [0.05, 0.1) is 0 Å². The molecule has 0 fully saturated rings. The zero-order valence-corrected chi connectivity index (χ0v) is 27.0. The van der Waals surface area contributed by atoms with Crippen molar-refractivity contribution in [2.75, 3.05) is 11.5 Å². The van der Waals surface area contributed by atoms with Gasteiger partial charge in [0.1, 0.15) is 0 Å². The molecule has 0 aliphatic heterocycles. The first-order chi connectivity index (χ1) is 17.6. The minimum atomic E-state index is -2.68.